The van der Waals surface area contributed by atoms with Crippen molar-refractivity contribution in [3.05, 3.63) is 29.5 Å². The predicted octanol–water partition coefficient (Wildman–Crippen LogP) is 2.54. The first-order valence-electron chi connectivity index (χ1n) is 4.84. The van der Waals surface area contributed by atoms with Crippen molar-refractivity contribution in [3.8, 4) is 17.2 Å². The fraction of sp³-hybridized carbons (Fsp3) is 0.333. The SMILES string of the molecule is COc1ccc2c(c1OC)OC(C)=CC2. The first kappa shape index (κ1) is 9.90. The van der Waals surface area contributed by atoms with Crippen molar-refractivity contribution in [1.82, 2.24) is 0 Å². The van der Waals surface area contributed by atoms with Crippen LogP contribution in [0.25, 0.3) is 0 Å². The molecule has 80 valence electrons. The van der Waals surface area contributed by atoms with Crippen LogP contribution < -0.4 is 14.2 Å². The van der Waals surface area contributed by atoms with E-state index in [1.165, 1.54) is 0 Å². The van der Waals surface area contributed by atoms with Crippen LogP contribution in [0.15, 0.2) is 24.0 Å². The normalized spacial score (nSPS) is 13.7. The van der Waals surface area contributed by atoms with Gasteiger partial charge in [-0.3, -0.25) is 0 Å². The van der Waals surface area contributed by atoms with Gasteiger partial charge < -0.3 is 14.2 Å². The maximum atomic E-state index is 5.65. The van der Waals surface area contributed by atoms with Crippen molar-refractivity contribution in [2.45, 2.75) is 13.3 Å². The molecule has 1 aliphatic heterocycles. The van der Waals surface area contributed by atoms with Crippen LogP contribution in [0.2, 0.25) is 0 Å². The molecular weight excluding hydrogens is 192 g/mol. The van der Waals surface area contributed by atoms with Crippen LogP contribution >= 0.6 is 0 Å². The average Bonchev–Trinajstić information content (AvgIpc) is 2.27. The fourth-order valence-electron chi connectivity index (χ4n) is 1.67. The van der Waals surface area contributed by atoms with Crippen LogP contribution in [-0.4, -0.2) is 14.2 Å². The molecule has 0 bridgehead atoms. The van der Waals surface area contributed by atoms with Gasteiger partial charge in [-0.2, -0.15) is 0 Å². The van der Waals surface area contributed by atoms with Crippen molar-refractivity contribution >= 4 is 0 Å². The van der Waals surface area contributed by atoms with E-state index in [-0.39, 0.29) is 0 Å². The van der Waals surface area contributed by atoms with E-state index in [0.717, 1.165) is 23.5 Å². The quantitative estimate of drug-likeness (QED) is 0.744. The molecule has 2 rings (SSSR count). The number of hydrogen-bond donors (Lipinski definition) is 0. The first-order valence-corrected chi connectivity index (χ1v) is 4.84. The minimum absolute atomic E-state index is 0.669. The molecule has 0 N–H and O–H groups in total. The zero-order valence-electron chi connectivity index (χ0n) is 9.16. The number of rotatable bonds is 2. The molecule has 1 aliphatic rings. The van der Waals surface area contributed by atoms with Gasteiger partial charge in [0.05, 0.1) is 20.0 Å². The zero-order chi connectivity index (χ0) is 10.8. The molecule has 0 radical (unpaired) electrons. The number of ether oxygens (including phenoxy) is 3. The van der Waals surface area contributed by atoms with Gasteiger partial charge in [-0.1, -0.05) is 6.07 Å². The van der Waals surface area contributed by atoms with Gasteiger partial charge >= 0.3 is 0 Å². The van der Waals surface area contributed by atoms with Crippen molar-refractivity contribution in [1.29, 1.82) is 0 Å². The van der Waals surface area contributed by atoms with E-state index in [9.17, 15) is 0 Å². The summed E-state index contributed by atoms with van der Waals surface area (Å²) in [6.07, 6.45) is 2.93. The van der Waals surface area contributed by atoms with E-state index in [0.29, 0.717) is 11.5 Å². The summed E-state index contributed by atoms with van der Waals surface area (Å²) < 4.78 is 16.2. The molecule has 1 aromatic carbocycles. The van der Waals surface area contributed by atoms with Gasteiger partial charge in [-0.25, -0.2) is 0 Å². The average molecular weight is 206 g/mol. The van der Waals surface area contributed by atoms with Gasteiger partial charge in [0.15, 0.2) is 11.5 Å². The molecule has 15 heavy (non-hydrogen) atoms. The zero-order valence-corrected chi connectivity index (χ0v) is 9.16. The van der Waals surface area contributed by atoms with Crippen LogP contribution in [0.1, 0.15) is 12.5 Å². The standard InChI is InChI=1S/C12H14O3/c1-8-4-5-9-6-7-10(13-2)12(14-3)11(9)15-8/h4,6-7H,5H2,1-3H3. The Morgan fingerprint density at radius 3 is 2.67 bits per heavy atom. The highest BCUT2D eigenvalue weighted by molar-refractivity contribution is 5.57. The van der Waals surface area contributed by atoms with Crippen molar-refractivity contribution < 1.29 is 14.2 Å². The van der Waals surface area contributed by atoms with Gasteiger partial charge in [-0.05, 0) is 25.5 Å². The second-order valence-electron chi connectivity index (χ2n) is 3.41. The Morgan fingerprint density at radius 1 is 1.20 bits per heavy atom. The molecule has 0 aliphatic carbocycles. The highest BCUT2D eigenvalue weighted by Gasteiger charge is 2.19. The largest absolute Gasteiger partial charge is 0.493 e. The van der Waals surface area contributed by atoms with Gasteiger partial charge in [0.25, 0.3) is 0 Å². The molecule has 1 heterocycles. The van der Waals surface area contributed by atoms with Gasteiger partial charge in [0.1, 0.15) is 0 Å². The Labute approximate surface area is 89.3 Å². The second kappa shape index (κ2) is 3.85. The van der Waals surface area contributed by atoms with E-state index < -0.39 is 0 Å². The third-order valence-electron chi connectivity index (χ3n) is 2.45. The molecule has 0 amide bonds. The number of benzene rings is 1. The number of allylic oxidation sites excluding steroid dienone is 2. The summed E-state index contributed by atoms with van der Waals surface area (Å²) in [5, 5.41) is 0. The molecule has 0 unspecified atom stereocenters. The maximum absolute atomic E-state index is 5.65. The predicted molar refractivity (Wildman–Crippen MR) is 57.6 cm³/mol. The van der Waals surface area contributed by atoms with E-state index in [1.54, 1.807) is 14.2 Å². The lowest BCUT2D eigenvalue weighted by Crippen LogP contribution is -2.04. The minimum Gasteiger partial charge on any atom is -0.493 e. The molecular formula is C12H14O3. The summed E-state index contributed by atoms with van der Waals surface area (Å²) in [6.45, 7) is 1.93. The molecule has 0 saturated carbocycles. The number of hydrogen-bond acceptors (Lipinski definition) is 3. The second-order valence-corrected chi connectivity index (χ2v) is 3.41. The molecule has 3 nitrogen and oxygen atoms in total. The van der Waals surface area contributed by atoms with Crippen molar-refractivity contribution in [2.75, 3.05) is 14.2 Å². The lowest BCUT2D eigenvalue weighted by molar-refractivity contribution is 0.323. The van der Waals surface area contributed by atoms with E-state index >= 15 is 0 Å². The minimum atomic E-state index is 0.669. The lowest BCUT2D eigenvalue weighted by Gasteiger charge is -2.20. The van der Waals surface area contributed by atoms with E-state index in [2.05, 4.69) is 0 Å². The monoisotopic (exact) mass is 206 g/mol. The Hall–Kier alpha value is -1.64. The Bertz CT molecular complexity index is 408. The Morgan fingerprint density at radius 2 is 2.00 bits per heavy atom. The Balaban J connectivity index is 2.51. The molecule has 0 aromatic heterocycles. The third-order valence-corrected chi connectivity index (χ3v) is 2.45. The summed E-state index contributed by atoms with van der Waals surface area (Å²) in [5.74, 6) is 3.04. The molecule has 0 spiro atoms. The molecule has 3 heteroatoms. The van der Waals surface area contributed by atoms with Crippen LogP contribution in [0.3, 0.4) is 0 Å². The smallest absolute Gasteiger partial charge is 0.204 e. The van der Waals surface area contributed by atoms with Crippen molar-refractivity contribution in [2.24, 2.45) is 0 Å². The highest BCUT2D eigenvalue weighted by atomic mass is 16.5. The maximum Gasteiger partial charge on any atom is 0.204 e. The topological polar surface area (TPSA) is 27.7 Å². The van der Waals surface area contributed by atoms with Crippen LogP contribution in [0.4, 0.5) is 0 Å². The number of methoxy groups -OCH3 is 2. The molecule has 0 saturated heterocycles. The summed E-state index contributed by atoms with van der Waals surface area (Å²) in [7, 11) is 3.24. The summed E-state index contributed by atoms with van der Waals surface area (Å²) in [6, 6.07) is 3.90. The Kier molecular flexibility index (Phi) is 2.54. The van der Waals surface area contributed by atoms with E-state index in [1.807, 2.05) is 25.1 Å². The van der Waals surface area contributed by atoms with Gasteiger partial charge in [-0.15, -0.1) is 0 Å². The highest BCUT2D eigenvalue weighted by Crippen LogP contribution is 2.42. The van der Waals surface area contributed by atoms with Gasteiger partial charge in [0, 0.05) is 5.56 Å². The fourth-order valence-corrected chi connectivity index (χ4v) is 1.67. The molecule has 0 fully saturated rings. The number of fused-ring (bicyclic) bond motifs is 1. The first-order chi connectivity index (χ1) is 7.26. The van der Waals surface area contributed by atoms with Crippen LogP contribution in [0, 0.1) is 0 Å². The third kappa shape index (κ3) is 1.65. The van der Waals surface area contributed by atoms with Crippen LogP contribution in [0.5, 0.6) is 17.2 Å². The van der Waals surface area contributed by atoms with E-state index in [4.69, 9.17) is 14.2 Å². The summed E-state index contributed by atoms with van der Waals surface area (Å²) in [4.78, 5) is 0. The summed E-state index contributed by atoms with van der Waals surface area (Å²) in [5.41, 5.74) is 1.12. The molecule has 1 aromatic rings. The summed E-state index contributed by atoms with van der Waals surface area (Å²) >= 11 is 0. The van der Waals surface area contributed by atoms with Crippen molar-refractivity contribution in [3.63, 3.8) is 0 Å². The van der Waals surface area contributed by atoms with Gasteiger partial charge in [0.2, 0.25) is 5.75 Å². The van der Waals surface area contributed by atoms with Crippen LogP contribution in [-0.2, 0) is 6.42 Å². The molecule has 0 atom stereocenters. The lowest BCUT2D eigenvalue weighted by atomic mass is 10.1.